The van der Waals surface area contributed by atoms with Gasteiger partial charge < -0.3 is 10.6 Å². The third kappa shape index (κ3) is 5.46. The summed E-state index contributed by atoms with van der Waals surface area (Å²) in [5.41, 5.74) is 0.979. The second kappa shape index (κ2) is 9.26. The lowest BCUT2D eigenvalue weighted by Gasteiger charge is -2.30. The molecule has 0 saturated carbocycles. The molecule has 0 spiro atoms. The van der Waals surface area contributed by atoms with E-state index in [1.54, 1.807) is 29.7 Å². The predicted octanol–water partition coefficient (Wildman–Crippen LogP) is 5.74. The molecule has 2 unspecified atom stereocenters. The van der Waals surface area contributed by atoms with Crippen molar-refractivity contribution in [1.29, 1.82) is 0 Å². The van der Waals surface area contributed by atoms with Gasteiger partial charge in [0.05, 0.1) is 22.7 Å². The second-order valence-corrected chi connectivity index (χ2v) is 9.38. The van der Waals surface area contributed by atoms with Gasteiger partial charge in [0.15, 0.2) is 0 Å². The average molecular weight is 439 g/mol. The van der Waals surface area contributed by atoms with Gasteiger partial charge in [-0.2, -0.15) is 0 Å². The molecule has 31 heavy (non-hydrogen) atoms. The fraction of sp³-hybridized carbons (Fsp3) is 0.304. The third-order valence-corrected chi connectivity index (χ3v) is 5.87. The highest BCUT2D eigenvalue weighted by Gasteiger charge is 2.29. The quantitative estimate of drug-likeness (QED) is 0.362. The van der Waals surface area contributed by atoms with Crippen LogP contribution < -0.4 is 10.6 Å². The number of benzene rings is 1. The molecule has 0 aliphatic heterocycles. The lowest BCUT2D eigenvalue weighted by molar-refractivity contribution is -0.384. The van der Waals surface area contributed by atoms with Gasteiger partial charge in [-0.05, 0) is 48.1 Å². The molecule has 0 saturated heterocycles. The molecule has 1 aromatic carbocycles. The van der Waals surface area contributed by atoms with E-state index in [1.807, 2.05) is 63.4 Å². The van der Waals surface area contributed by atoms with Gasteiger partial charge in [0.2, 0.25) is 0 Å². The number of nitrogens with zero attached hydrogens (tertiary/aromatic N) is 2. The van der Waals surface area contributed by atoms with E-state index in [0.717, 1.165) is 10.6 Å². The van der Waals surface area contributed by atoms with Gasteiger partial charge >= 0.3 is 0 Å². The molecule has 2 heterocycles. The highest BCUT2D eigenvalue weighted by atomic mass is 32.1. The number of anilines is 1. The summed E-state index contributed by atoms with van der Waals surface area (Å²) < 4.78 is 0. The average Bonchev–Trinajstić information content (AvgIpc) is 3.26. The van der Waals surface area contributed by atoms with Crippen LogP contribution in [0.4, 0.5) is 11.4 Å². The van der Waals surface area contributed by atoms with Crippen molar-refractivity contribution in [3.8, 4) is 0 Å². The Morgan fingerprint density at radius 1 is 1.16 bits per heavy atom. The number of amides is 1. The molecule has 7 nitrogen and oxygen atoms in total. The maximum atomic E-state index is 13.0. The molecule has 0 radical (unpaired) electrons. The molecular formula is C23H26N4O3S. The smallest absolute Gasteiger partial charge is 0.293 e. The summed E-state index contributed by atoms with van der Waals surface area (Å²) in [6.45, 7) is 8.02. The Morgan fingerprint density at radius 3 is 2.52 bits per heavy atom. The van der Waals surface area contributed by atoms with E-state index < -0.39 is 4.92 Å². The molecule has 3 aromatic rings. The van der Waals surface area contributed by atoms with E-state index in [9.17, 15) is 14.9 Å². The maximum absolute atomic E-state index is 13.0. The van der Waals surface area contributed by atoms with Crippen LogP contribution in [0.5, 0.6) is 0 Å². The molecule has 2 N–H and O–H groups in total. The zero-order valence-electron chi connectivity index (χ0n) is 18.0. The Bertz CT molecular complexity index is 1050. The molecule has 8 heteroatoms. The summed E-state index contributed by atoms with van der Waals surface area (Å²) in [7, 11) is 0. The molecule has 0 aliphatic rings. The number of thiophene rings is 1. The van der Waals surface area contributed by atoms with E-state index in [4.69, 9.17) is 0 Å². The van der Waals surface area contributed by atoms with Crippen molar-refractivity contribution in [2.45, 2.75) is 39.8 Å². The van der Waals surface area contributed by atoms with E-state index in [1.165, 1.54) is 6.07 Å². The van der Waals surface area contributed by atoms with E-state index >= 15 is 0 Å². The van der Waals surface area contributed by atoms with Crippen LogP contribution in [0.1, 0.15) is 60.7 Å². The number of hydrogen-bond donors (Lipinski definition) is 2. The van der Waals surface area contributed by atoms with Crippen LogP contribution in [0.3, 0.4) is 0 Å². The Hall–Kier alpha value is -3.26. The van der Waals surface area contributed by atoms with Crippen LogP contribution in [0.2, 0.25) is 0 Å². The van der Waals surface area contributed by atoms with Crippen molar-refractivity contribution < 1.29 is 9.72 Å². The first-order valence-electron chi connectivity index (χ1n) is 9.97. The van der Waals surface area contributed by atoms with Gasteiger partial charge in [-0.15, -0.1) is 11.3 Å². The normalized spacial score (nSPS) is 13.3. The maximum Gasteiger partial charge on any atom is 0.293 e. The summed E-state index contributed by atoms with van der Waals surface area (Å²) >= 11 is 1.57. The molecule has 2 aromatic heterocycles. The Morgan fingerprint density at radius 2 is 1.94 bits per heavy atom. The van der Waals surface area contributed by atoms with Crippen molar-refractivity contribution in [1.82, 2.24) is 10.3 Å². The lowest BCUT2D eigenvalue weighted by atomic mass is 9.85. The molecule has 2 atom stereocenters. The SMILES string of the molecule is CC(Nc1ccc(C(=O)NC(c2cccs2)C(C)(C)C)cc1[N+](=O)[O-])c1ccccn1. The largest absolute Gasteiger partial charge is 0.371 e. The third-order valence-electron chi connectivity index (χ3n) is 4.93. The highest BCUT2D eigenvalue weighted by molar-refractivity contribution is 7.10. The molecule has 1 amide bonds. The van der Waals surface area contributed by atoms with Crippen LogP contribution in [0.25, 0.3) is 0 Å². The van der Waals surface area contributed by atoms with Crippen molar-refractivity contribution in [3.05, 3.63) is 86.4 Å². The first-order valence-corrected chi connectivity index (χ1v) is 10.8. The fourth-order valence-electron chi connectivity index (χ4n) is 3.27. The monoisotopic (exact) mass is 438 g/mol. The molecule has 0 fully saturated rings. The second-order valence-electron chi connectivity index (χ2n) is 8.40. The van der Waals surface area contributed by atoms with Gasteiger partial charge in [-0.25, -0.2) is 0 Å². The minimum Gasteiger partial charge on any atom is -0.371 e. The van der Waals surface area contributed by atoms with E-state index in [0.29, 0.717) is 5.69 Å². The Balaban J connectivity index is 1.84. The van der Waals surface area contributed by atoms with Gasteiger partial charge in [0, 0.05) is 22.7 Å². The van der Waals surface area contributed by atoms with Crippen molar-refractivity contribution in [2.75, 3.05) is 5.32 Å². The topological polar surface area (TPSA) is 97.2 Å². The first-order chi connectivity index (χ1) is 14.7. The number of nitro groups is 1. The number of rotatable bonds is 7. The van der Waals surface area contributed by atoms with Gasteiger partial charge in [0.1, 0.15) is 5.69 Å². The molecular weight excluding hydrogens is 412 g/mol. The number of nitro benzene ring substituents is 1. The number of carbonyl (C=O) groups is 1. The van der Waals surface area contributed by atoms with E-state index in [2.05, 4.69) is 15.6 Å². The highest BCUT2D eigenvalue weighted by Crippen LogP contribution is 2.36. The molecule has 0 aliphatic carbocycles. The van der Waals surface area contributed by atoms with Crippen LogP contribution in [0.15, 0.2) is 60.1 Å². The summed E-state index contributed by atoms with van der Waals surface area (Å²) in [6, 6.07) is 13.5. The standard InChI is InChI=1S/C23H26N4O3S/c1-15(17-8-5-6-12-24-17)25-18-11-10-16(14-19(18)27(29)30)22(28)26-21(23(2,3)4)20-9-7-13-31-20/h5-15,21,25H,1-4H3,(H,26,28). The first kappa shape index (κ1) is 22.4. The molecule has 0 bridgehead atoms. The zero-order chi connectivity index (χ0) is 22.6. The summed E-state index contributed by atoms with van der Waals surface area (Å²) in [5.74, 6) is -0.347. The van der Waals surface area contributed by atoms with Gasteiger partial charge in [-0.1, -0.05) is 32.9 Å². The van der Waals surface area contributed by atoms with Crippen molar-refractivity contribution in [2.24, 2.45) is 5.41 Å². The zero-order valence-corrected chi connectivity index (χ0v) is 18.8. The van der Waals surface area contributed by atoms with E-state index in [-0.39, 0.29) is 34.7 Å². The number of aromatic nitrogens is 1. The minimum absolute atomic E-state index is 0.154. The number of nitrogens with one attached hydrogen (secondary N) is 2. The van der Waals surface area contributed by atoms with Crippen molar-refractivity contribution in [3.63, 3.8) is 0 Å². The number of carbonyl (C=O) groups excluding carboxylic acids is 1. The summed E-state index contributed by atoms with van der Waals surface area (Å²) in [5, 5.41) is 19.8. The summed E-state index contributed by atoms with van der Waals surface area (Å²) in [6.07, 6.45) is 1.68. The van der Waals surface area contributed by atoms with Gasteiger partial charge in [0.25, 0.3) is 11.6 Å². The molecule has 162 valence electrons. The number of pyridine rings is 1. The molecule has 3 rings (SSSR count). The minimum atomic E-state index is -0.481. The summed E-state index contributed by atoms with van der Waals surface area (Å²) in [4.78, 5) is 29.5. The van der Waals surface area contributed by atoms with Crippen LogP contribution in [-0.2, 0) is 0 Å². The van der Waals surface area contributed by atoms with Crippen LogP contribution in [-0.4, -0.2) is 15.8 Å². The van der Waals surface area contributed by atoms with Gasteiger partial charge in [-0.3, -0.25) is 19.9 Å². The Labute approximate surface area is 185 Å². The number of hydrogen-bond acceptors (Lipinski definition) is 6. The fourth-order valence-corrected chi connectivity index (χ4v) is 4.29. The Kier molecular flexibility index (Phi) is 6.70. The van der Waals surface area contributed by atoms with Crippen LogP contribution >= 0.6 is 11.3 Å². The van der Waals surface area contributed by atoms with Crippen molar-refractivity contribution >= 4 is 28.6 Å². The predicted molar refractivity (Wildman–Crippen MR) is 123 cm³/mol. The van der Waals surface area contributed by atoms with Crippen LogP contribution in [0, 0.1) is 15.5 Å². The lowest BCUT2D eigenvalue weighted by Crippen LogP contribution is -2.36.